The van der Waals surface area contributed by atoms with Crippen LogP contribution in [0.3, 0.4) is 0 Å². The normalized spacial score (nSPS) is 21.7. The average molecular weight is 303 g/mol. The summed E-state index contributed by atoms with van der Waals surface area (Å²) in [5, 5.41) is 0. The van der Waals surface area contributed by atoms with Crippen LogP contribution >= 0.6 is 0 Å². The fraction of sp³-hybridized carbons (Fsp3) is 0.556. The molecule has 1 heterocycles. The number of carbonyl (C=O) groups excluding carboxylic acids is 2. The Kier molecular flexibility index (Phi) is 5.35. The van der Waals surface area contributed by atoms with Crippen LogP contribution in [0.25, 0.3) is 0 Å². The van der Waals surface area contributed by atoms with Gasteiger partial charge in [-0.25, -0.2) is 0 Å². The summed E-state index contributed by atoms with van der Waals surface area (Å²) in [6.07, 6.45) is 0.526. The molecule has 0 aromatic heterocycles. The minimum absolute atomic E-state index is 0.0324. The Hall–Kier alpha value is -1.68. The second-order valence-corrected chi connectivity index (χ2v) is 6.26. The number of morpholine rings is 1. The van der Waals surface area contributed by atoms with Gasteiger partial charge >= 0.3 is 0 Å². The van der Waals surface area contributed by atoms with E-state index < -0.39 is 0 Å². The van der Waals surface area contributed by atoms with Crippen LogP contribution in [0.4, 0.5) is 0 Å². The molecule has 2 rings (SSSR count). The minimum Gasteiger partial charge on any atom is -0.377 e. The maximum absolute atomic E-state index is 12.4. The maximum atomic E-state index is 12.4. The fourth-order valence-corrected chi connectivity index (χ4v) is 2.90. The molecular formula is C18H25NO3. The van der Waals surface area contributed by atoms with Crippen molar-refractivity contribution in [3.8, 4) is 0 Å². The summed E-state index contributed by atoms with van der Waals surface area (Å²) < 4.78 is 5.43. The summed E-state index contributed by atoms with van der Waals surface area (Å²) in [7, 11) is 0. The van der Waals surface area contributed by atoms with Crippen molar-refractivity contribution in [3.63, 3.8) is 0 Å². The van der Waals surface area contributed by atoms with Crippen molar-refractivity contribution >= 4 is 11.7 Å². The minimum atomic E-state index is 0.0324. The molecule has 1 aliphatic heterocycles. The Labute approximate surface area is 132 Å². The molecule has 22 heavy (non-hydrogen) atoms. The smallest absolute Gasteiger partial charge is 0.223 e. The predicted molar refractivity (Wildman–Crippen MR) is 86.1 cm³/mol. The molecule has 1 amide bonds. The van der Waals surface area contributed by atoms with Gasteiger partial charge in [0.15, 0.2) is 5.78 Å². The maximum Gasteiger partial charge on any atom is 0.223 e. The lowest BCUT2D eigenvalue weighted by molar-refractivity contribution is -0.144. The summed E-state index contributed by atoms with van der Waals surface area (Å²) in [4.78, 5) is 26.5. The van der Waals surface area contributed by atoms with Gasteiger partial charge in [-0.3, -0.25) is 9.59 Å². The third kappa shape index (κ3) is 3.74. The van der Waals surface area contributed by atoms with Gasteiger partial charge in [0.2, 0.25) is 5.91 Å². The highest BCUT2D eigenvalue weighted by atomic mass is 16.5. The first-order valence-corrected chi connectivity index (χ1v) is 7.89. The molecule has 0 bridgehead atoms. The van der Waals surface area contributed by atoms with Gasteiger partial charge < -0.3 is 9.64 Å². The van der Waals surface area contributed by atoms with Crippen molar-refractivity contribution in [2.24, 2.45) is 0 Å². The van der Waals surface area contributed by atoms with E-state index in [9.17, 15) is 9.59 Å². The molecular weight excluding hydrogens is 278 g/mol. The number of ketones is 1. The van der Waals surface area contributed by atoms with Crippen molar-refractivity contribution in [3.05, 3.63) is 34.9 Å². The SMILES string of the molecule is Cc1ccc(C(=O)CCC(=O)N2C(C)COCC2C)cc1C. The summed E-state index contributed by atoms with van der Waals surface area (Å²) in [6.45, 7) is 9.13. The van der Waals surface area contributed by atoms with Crippen LogP contribution in [-0.2, 0) is 9.53 Å². The van der Waals surface area contributed by atoms with Gasteiger partial charge in [-0.1, -0.05) is 12.1 Å². The van der Waals surface area contributed by atoms with Gasteiger partial charge in [-0.2, -0.15) is 0 Å². The fourth-order valence-electron chi connectivity index (χ4n) is 2.90. The molecule has 1 aromatic carbocycles. The lowest BCUT2D eigenvalue weighted by atomic mass is 10.0. The molecule has 1 fully saturated rings. The molecule has 0 N–H and O–H groups in total. The van der Waals surface area contributed by atoms with Gasteiger partial charge in [-0.15, -0.1) is 0 Å². The number of rotatable bonds is 4. The lowest BCUT2D eigenvalue weighted by Gasteiger charge is -2.38. The van der Waals surface area contributed by atoms with E-state index in [1.165, 1.54) is 5.56 Å². The number of hydrogen-bond donors (Lipinski definition) is 0. The Morgan fingerprint density at radius 2 is 1.73 bits per heavy atom. The number of ether oxygens (including phenoxy) is 1. The van der Waals surface area contributed by atoms with Crippen molar-refractivity contribution in [1.82, 2.24) is 4.90 Å². The molecule has 0 radical (unpaired) electrons. The zero-order valence-electron chi connectivity index (χ0n) is 13.9. The van der Waals surface area contributed by atoms with Crippen LogP contribution in [0.15, 0.2) is 18.2 Å². The highest BCUT2D eigenvalue weighted by Gasteiger charge is 2.29. The van der Waals surface area contributed by atoms with Crippen LogP contribution in [0.2, 0.25) is 0 Å². The van der Waals surface area contributed by atoms with Gasteiger partial charge in [0.1, 0.15) is 0 Å². The van der Waals surface area contributed by atoms with E-state index >= 15 is 0 Å². The van der Waals surface area contributed by atoms with E-state index in [2.05, 4.69) is 0 Å². The van der Waals surface area contributed by atoms with Crippen LogP contribution in [0, 0.1) is 13.8 Å². The van der Waals surface area contributed by atoms with E-state index in [1.807, 2.05) is 50.8 Å². The van der Waals surface area contributed by atoms with E-state index in [-0.39, 0.29) is 36.6 Å². The molecule has 1 aliphatic rings. The molecule has 2 atom stereocenters. The summed E-state index contributed by atoms with van der Waals surface area (Å²) >= 11 is 0. The number of amides is 1. The van der Waals surface area contributed by atoms with E-state index in [4.69, 9.17) is 4.74 Å². The number of hydrogen-bond acceptors (Lipinski definition) is 3. The number of carbonyl (C=O) groups is 2. The summed E-state index contributed by atoms with van der Waals surface area (Å²) in [5.41, 5.74) is 2.97. The van der Waals surface area contributed by atoms with Crippen LogP contribution < -0.4 is 0 Å². The van der Waals surface area contributed by atoms with E-state index in [0.717, 1.165) is 5.56 Å². The molecule has 120 valence electrons. The Morgan fingerprint density at radius 3 is 2.32 bits per heavy atom. The highest BCUT2D eigenvalue weighted by molar-refractivity contribution is 5.98. The average Bonchev–Trinajstić information content (AvgIpc) is 2.47. The number of benzene rings is 1. The van der Waals surface area contributed by atoms with Crippen molar-refractivity contribution in [2.75, 3.05) is 13.2 Å². The number of aryl methyl sites for hydroxylation is 2. The first-order valence-electron chi connectivity index (χ1n) is 7.89. The third-order valence-electron chi connectivity index (χ3n) is 4.35. The monoisotopic (exact) mass is 303 g/mol. The molecule has 2 unspecified atom stereocenters. The van der Waals surface area contributed by atoms with Gasteiger partial charge in [0.25, 0.3) is 0 Å². The van der Waals surface area contributed by atoms with Crippen LogP contribution in [-0.4, -0.2) is 41.9 Å². The first-order chi connectivity index (χ1) is 10.4. The molecule has 0 spiro atoms. The first kappa shape index (κ1) is 16.7. The zero-order valence-corrected chi connectivity index (χ0v) is 13.9. The Balaban J connectivity index is 1.95. The third-order valence-corrected chi connectivity index (χ3v) is 4.35. The number of Topliss-reactive ketones (excluding diaryl/α,β-unsaturated/α-hetero) is 1. The van der Waals surface area contributed by atoms with Gasteiger partial charge in [-0.05, 0) is 44.9 Å². The standard InChI is InChI=1S/C18H25NO3/c1-12-5-6-16(9-13(12)2)17(20)7-8-18(21)19-14(3)10-22-11-15(19)4/h5-6,9,14-15H,7-8,10-11H2,1-4H3. The largest absolute Gasteiger partial charge is 0.377 e. The van der Waals surface area contributed by atoms with Crippen molar-refractivity contribution in [2.45, 2.75) is 52.6 Å². The van der Waals surface area contributed by atoms with Gasteiger partial charge in [0, 0.05) is 18.4 Å². The summed E-state index contributed by atoms with van der Waals surface area (Å²) in [5.74, 6) is 0.0745. The van der Waals surface area contributed by atoms with Crippen molar-refractivity contribution < 1.29 is 14.3 Å². The van der Waals surface area contributed by atoms with Crippen LogP contribution in [0.1, 0.15) is 48.2 Å². The predicted octanol–water partition coefficient (Wildman–Crippen LogP) is 2.90. The Morgan fingerprint density at radius 1 is 1.09 bits per heavy atom. The zero-order chi connectivity index (χ0) is 16.3. The highest BCUT2D eigenvalue weighted by Crippen LogP contribution is 2.17. The Bertz CT molecular complexity index is 557. The molecule has 0 saturated carbocycles. The second kappa shape index (κ2) is 7.05. The van der Waals surface area contributed by atoms with Gasteiger partial charge in [0.05, 0.1) is 25.3 Å². The molecule has 1 aromatic rings. The lowest BCUT2D eigenvalue weighted by Crippen LogP contribution is -2.52. The quantitative estimate of drug-likeness (QED) is 0.804. The topological polar surface area (TPSA) is 46.6 Å². The van der Waals surface area contributed by atoms with Crippen LogP contribution in [0.5, 0.6) is 0 Å². The molecule has 4 nitrogen and oxygen atoms in total. The number of nitrogens with zero attached hydrogens (tertiary/aromatic N) is 1. The second-order valence-electron chi connectivity index (χ2n) is 6.26. The molecule has 4 heteroatoms. The summed E-state index contributed by atoms with van der Waals surface area (Å²) in [6, 6.07) is 5.86. The van der Waals surface area contributed by atoms with Crippen molar-refractivity contribution in [1.29, 1.82) is 0 Å². The molecule has 1 saturated heterocycles. The van der Waals surface area contributed by atoms with E-state index in [0.29, 0.717) is 18.8 Å². The molecule has 0 aliphatic carbocycles. The van der Waals surface area contributed by atoms with E-state index in [1.54, 1.807) is 0 Å².